The number of aromatic nitrogens is 2. The molecule has 6 heteroatoms. The van der Waals surface area contributed by atoms with Crippen LogP contribution in [0.3, 0.4) is 0 Å². The normalized spacial score (nSPS) is 23.3. The van der Waals surface area contributed by atoms with E-state index in [0.717, 1.165) is 18.4 Å². The summed E-state index contributed by atoms with van der Waals surface area (Å²) in [6.45, 7) is 0. The number of nitrogens with zero attached hydrogens (tertiary/aromatic N) is 2. The maximum absolute atomic E-state index is 12.1. The molecule has 0 spiro atoms. The van der Waals surface area contributed by atoms with Gasteiger partial charge in [-0.2, -0.15) is 0 Å². The van der Waals surface area contributed by atoms with E-state index in [1.165, 1.54) is 0 Å². The molecule has 4 nitrogen and oxygen atoms in total. The molecular weight excluding hydrogens is 272 g/mol. The molecular formula is C12H13ClN2O2S. The molecule has 2 aromatic rings. The summed E-state index contributed by atoms with van der Waals surface area (Å²) in [7, 11) is -3.08. The first-order chi connectivity index (χ1) is 8.59. The van der Waals surface area contributed by atoms with Gasteiger partial charge >= 0.3 is 0 Å². The van der Waals surface area contributed by atoms with Crippen molar-refractivity contribution >= 4 is 27.0 Å². The molecule has 0 N–H and O–H groups in total. The van der Waals surface area contributed by atoms with Crippen LogP contribution >= 0.6 is 11.6 Å². The van der Waals surface area contributed by atoms with Gasteiger partial charge in [0.15, 0.2) is 9.84 Å². The van der Waals surface area contributed by atoms with Crippen LogP contribution in [0.1, 0.15) is 30.3 Å². The zero-order chi connectivity index (χ0) is 12.8. The van der Waals surface area contributed by atoms with Crippen LogP contribution in [0.15, 0.2) is 24.5 Å². The lowest BCUT2D eigenvalue weighted by Gasteiger charge is -2.21. The highest BCUT2D eigenvalue weighted by atomic mass is 35.5. The second kappa shape index (κ2) is 4.24. The highest BCUT2D eigenvalue weighted by Crippen LogP contribution is 2.33. The van der Waals surface area contributed by atoms with Crippen LogP contribution in [-0.4, -0.2) is 23.6 Å². The number of halogens is 1. The zero-order valence-corrected chi connectivity index (χ0v) is 11.3. The molecule has 0 saturated carbocycles. The predicted octanol–water partition coefficient (Wildman–Crippen LogP) is 2.63. The van der Waals surface area contributed by atoms with E-state index in [1.807, 2.05) is 6.20 Å². The first-order valence-electron chi connectivity index (χ1n) is 5.92. The molecule has 1 atom stereocenters. The molecule has 0 aromatic carbocycles. The van der Waals surface area contributed by atoms with Gasteiger partial charge < -0.3 is 4.40 Å². The second-order valence-electron chi connectivity index (χ2n) is 4.58. The van der Waals surface area contributed by atoms with Crippen molar-refractivity contribution in [2.24, 2.45) is 0 Å². The Labute approximate surface area is 111 Å². The third-order valence-electron chi connectivity index (χ3n) is 3.41. The molecule has 3 heterocycles. The van der Waals surface area contributed by atoms with Crippen LogP contribution in [0.25, 0.3) is 5.52 Å². The van der Waals surface area contributed by atoms with Crippen LogP contribution in [0.2, 0.25) is 5.02 Å². The smallest absolute Gasteiger partial charge is 0.160 e. The first-order valence-corrected chi connectivity index (χ1v) is 8.02. The quantitative estimate of drug-likeness (QED) is 0.809. The summed E-state index contributed by atoms with van der Waals surface area (Å²) in [4.78, 5) is 4.27. The van der Waals surface area contributed by atoms with Gasteiger partial charge in [0.2, 0.25) is 0 Å². The first kappa shape index (κ1) is 12.0. The van der Waals surface area contributed by atoms with E-state index in [2.05, 4.69) is 4.98 Å². The van der Waals surface area contributed by atoms with E-state index < -0.39 is 15.1 Å². The predicted molar refractivity (Wildman–Crippen MR) is 70.6 cm³/mol. The van der Waals surface area contributed by atoms with Gasteiger partial charge in [-0.1, -0.05) is 18.0 Å². The van der Waals surface area contributed by atoms with Crippen LogP contribution in [0.4, 0.5) is 0 Å². The molecule has 1 aliphatic rings. The average Bonchev–Trinajstić information content (AvgIpc) is 2.74. The lowest BCUT2D eigenvalue weighted by molar-refractivity contribution is 0.538. The fourth-order valence-electron chi connectivity index (χ4n) is 2.49. The molecule has 2 aromatic heterocycles. The minimum atomic E-state index is -3.08. The summed E-state index contributed by atoms with van der Waals surface area (Å²) in [5.74, 6) is 0.847. The van der Waals surface area contributed by atoms with Crippen LogP contribution in [0.5, 0.6) is 0 Å². The molecule has 0 amide bonds. The van der Waals surface area contributed by atoms with Crippen molar-refractivity contribution in [1.29, 1.82) is 0 Å². The second-order valence-corrected chi connectivity index (χ2v) is 7.29. The number of imidazole rings is 1. The highest BCUT2D eigenvalue weighted by molar-refractivity contribution is 7.91. The van der Waals surface area contributed by atoms with Gasteiger partial charge in [-0.15, -0.1) is 0 Å². The number of sulfone groups is 1. The van der Waals surface area contributed by atoms with Crippen molar-refractivity contribution in [3.05, 3.63) is 35.4 Å². The Balaban J connectivity index is 2.17. The summed E-state index contributed by atoms with van der Waals surface area (Å²) < 4.78 is 26.0. The maximum atomic E-state index is 12.1. The lowest BCUT2D eigenvalue weighted by Crippen LogP contribution is -2.23. The maximum Gasteiger partial charge on any atom is 0.160 e. The Hall–Kier alpha value is -1.07. The van der Waals surface area contributed by atoms with Gasteiger partial charge in [0.25, 0.3) is 0 Å². The van der Waals surface area contributed by atoms with E-state index in [1.54, 1.807) is 22.7 Å². The highest BCUT2D eigenvalue weighted by Gasteiger charge is 2.33. The number of pyridine rings is 1. The van der Waals surface area contributed by atoms with Gasteiger partial charge in [0, 0.05) is 6.20 Å². The van der Waals surface area contributed by atoms with Crippen molar-refractivity contribution < 1.29 is 8.42 Å². The molecule has 1 saturated heterocycles. The summed E-state index contributed by atoms with van der Waals surface area (Å²) in [5, 5.41) is 0.0941. The van der Waals surface area contributed by atoms with Crippen LogP contribution < -0.4 is 0 Å². The van der Waals surface area contributed by atoms with Crippen molar-refractivity contribution in [2.45, 2.75) is 24.5 Å². The number of fused-ring (bicyclic) bond motifs is 1. The van der Waals surface area contributed by atoms with E-state index >= 15 is 0 Å². The van der Waals surface area contributed by atoms with Crippen molar-refractivity contribution in [2.75, 3.05) is 5.75 Å². The lowest BCUT2D eigenvalue weighted by atomic mass is 10.2. The van der Waals surface area contributed by atoms with Gasteiger partial charge in [0.05, 0.1) is 22.5 Å². The topological polar surface area (TPSA) is 51.4 Å². The number of hydrogen-bond donors (Lipinski definition) is 0. The minimum absolute atomic E-state index is 0.257. The zero-order valence-electron chi connectivity index (χ0n) is 9.71. The molecule has 1 aliphatic heterocycles. The van der Waals surface area contributed by atoms with Gasteiger partial charge in [-0.3, -0.25) is 0 Å². The molecule has 96 valence electrons. The van der Waals surface area contributed by atoms with E-state index in [-0.39, 0.29) is 5.75 Å². The van der Waals surface area contributed by atoms with Crippen LogP contribution in [0, 0.1) is 0 Å². The molecule has 0 radical (unpaired) electrons. The van der Waals surface area contributed by atoms with E-state index in [9.17, 15) is 8.42 Å². The van der Waals surface area contributed by atoms with E-state index in [4.69, 9.17) is 11.6 Å². The minimum Gasteiger partial charge on any atom is -0.301 e. The molecule has 0 bridgehead atoms. The standard InChI is InChI=1S/C12H13ClN2O2S/c13-9-4-3-6-15-10(9)8-14-12(15)11-5-1-2-7-18(11,16)17/h3-4,6,8,11H,1-2,5,7H2. The third-order valence-corrected chi connectivity index (χ3v) is 5.91. The Morgan fingerprint density at radius 1 is 1.39 bits per heavy atom. The fourth-order valence-corrected chi connectivity index (χ4v) is 4.62. The van der Waals surface area contributed by atoms with Crippen molar-refractivity contribution in [1.82, 2.24) is 9.38 Å². The Kier molecular flexibility index (Phi) is 2.83. The van der Waals surface area contributed by atoms with Gasteiger partial charge in [0.1, 0.15) is 11.1 Å². The van der Waals surface area contributed by atoms with Crippen molar-refractivity contribution in [3.63, 3.8) is 0 Å². The molecule has 1 fully saturated rings. The Morgan fingerprint density at radius 3 is 3.00 bits per heavy atom. The summed E-state index contributed by atoms with van der Waals surface area (Å²) in [5.41, 5.74) is 0.759. The Morgan fingerprint density at radius 2 is 2.22 bits per heavy atom. The van der Waals surface area contributed by atoms with Crippen molar-refractivity contribution in [3.8, 4) is 0 Å². The number of hydrogen-bond acceptors (Lipinski definition) is 3. The number of rotatable bonds is 1. The SMILES string of the molecule is O=S1(=O)CCCCC1c1ncc2c(Cl)cccn12. The Bertz CT molecular complexity index is 693. The molecule has 3 rings (SSSR count). The molecule has 1 unspecified atom stereocenters. The van der Waals surface area contributed by atoms with Crippen LogP contribution in [-0.2, 0) is 9.84 Å². The monoisotopic (exact) mass is 284 g/mol. The molecule has 18 heavy (non-hydrogen) atoms. The average molecular weight is 285 g/mol. The fraction of sp³-hybridized carbons (Fsp3) is 0.417. The third kappa shape index (κ3) is 1.82. The largest absolute Gasteiger partial charge is 0.301 e. The van der Waals surface area contributed by atoms with E-state index in [0.29, 0.717) is 17.3 Å². The van der Waals surface area contributed by atoms with Gasteiger partial charge in [-0.05, 0) is 25.0 Å². The summed E-state index contributed by atoms with van der Waals surface area (Å²) in [6, 6.07) is 3.58. The van der Waals surface area contributed by atoms with Gasteiger partial charge in [-0.25, -0.2) is 13.4 Å². The summed E-state index contributed by atoms with van der Waals surface area (Å²) >= 11 is 6.07. The summed E-state index contributed by atoms with van der Waals surface area (Å²) in [6.07, 6.45) is 5.78. The molecule has 0 aliphatic carbocycles.